The minimum absolute atomic E-state index is 0.221. The van der Waals surface area contributed by atoms with Gasteiger partial charge >= 0.3 is 0 Å². The van der Waals surface area contributed by atoms with Crippen LogP contribution in [-0.2, 0) is 12.8 Å². The number of alkyl halides is 1. The van der Waals surface area contributed by atoms with Crippen LogP contribution in [0.5, 0.6) is 0 Å². The van der Waals surface area contributed by atoms with Crippen LogP contribution in [0, 0.1) is 11.7 Å². The molecule has 0 radical (unpaired) electrons. The molecule has 100 valence electrons. The zero-order valence-electron chi connectivity index (χ0n) is 10.5. The van der Waals surface area contributed by atoms with E-state index in [0.717, 1.165) is 22.9 Å². The second-order valence-corrected chi connectivity index (χ2v) is 5.81. The van der Waals surface area contributed by atoms with E-state index in [2.05, 4.69) is 28.1 Å². The highest BCUT2D eigenvalue weighted by Crippen LogP contribution is 2.23. The van der Waals surface area contributed by atoms with Crippen molar-refractivity contribution in [1.29, 1.82) is 0 Å². The standard InChI is InChI=1S/C16H15BrClF/c17-16-10-15(19)7-6-14(16)9-13(11-18)8-12-4-2-1-3-5-12/h1-7,10,13H,8-9,11H2. The second kappa shape index (κ2) is 7.06. The Morgan fingerprint density at radius 3 is 2.42 bits per heavy atom. The molecular weight excluding hydrogens is 327 g/mol. The Labute approximate surface area is 126 Å². The molecule has 2 rings (SSSR count). The zero-order valence-corrected chi connectivity index (χ0v) is 12.8. The summed E-state index contributed by atoms with van der Waals surface area (Å²) in [6.07, 6.45) is 1.79. The third-order valence-electron chi connectivity index (χ3n) is 3.11. The molecule has 19 heavy (non-hydrogen) atoms. The molecule has 1 atom stereocenters. The fourth-order valence-electron chi connectivity index (χ4n) is 2.13. The summed E-state index contributed by atoms with van der Waals surface area (Å²) in [5, 5.41) is 0. The van der Waals surface area contributed by atoms with Gasteiger partial charge in [0.1, 0.15) is 5.82 Å². The summed E-state index contributed by atoms with van der Waals surface area (Å²) in [4.78, 5) is 0. The Hall–Kier alpha value is -0.860. The highest BCUT2D eigenvalue weighted by atomic mass is 79.9. The molecule has 0 saturated heterocycles. The number of hydrogen-bond acceptors (Lipinski definition) is 0. The fourth-order valence-corrected chi connectivity index (χ4v) is 2.86. The van der Waals surface area contributed by atoms with E-state index in [-0.39, 0.29) is 5.82 Å². The zero-order chi connectivity index (χ0) is 13.7. The van der Waals surface area contributed by atoms with Gasteiger partial charge in [0, 0.05) is 10.4 Å². The minimum Gasteiger partial charge on any atom is -0.207 e. The number of hydrogen-bond donors (Lipinski definition) is 0. The van der Waals surface area contributed by atoms with Crippen LogP contribution in [-0.4, -0.2) is 5.88 Å². The lowest BCUT2D eigenvalue weighted by Gasteiger charge is -2.15. The third-order valence-corrected chi connectivity index (χ3v) is 4.28. The predicted molar refractivity (Wildman–Crippen MR) is 82.2 cm³/mol. The largest absolute Gasteiger partial charge is 0.207 e. The summed E-state index contributed by atoms with van der Waals surface area (Å²) in [5.74, 6) is 0.727. The van der Waals surface area contributed by atoms with Crippen molar-refractivity contribution in [1.82, 2.24) is 0 Å². The highest BCUT2D eigenvalue weighted by molar-refractivity contribution is 9.10. The summed E-state index contributed by atoms with van der Waals surface area (Å²) >= 11 is 9.47. The number of benzene rings is 2. The Bertz CT molecular complexity index is 528. The maximum absolute atomic E-state index is 13.1. The van der Waals surface area contributed by atoms with Gasteiger partial charge in [0.2, 0.25) is 0 Å². The van der Waals surface area contributed by atoms with Gasteiger partial charge in [0.15, 0.2) is 0 Å². The quantitative estimate of drug-likeness (QED) is 0.653. The predicted octanol–water partition coefficient (Wildman–Crippen LogP) is 5.23. The molecule has 0 aromatic heterocycles. The van der Waals surface area contributed by atoms with Crippen molar-refractivity contribution in [2.75, 3.05) is 5.88 Å². The average molecular weight is 342 g/mol. The molecule has 0 nitrogen and oxygen atoms in total. The fraction of sp³-hybridized carbons (Fsp3) is 0.250. The van der Waals surface area contributed by atoms with Crippen LogP contribution in [0.15, 0.2) is 53.0 Å². The van der Waals surface area contributed by atoms with Gasteiger partial charge in [-0.05, 0) is 42.0 Å². The van der Waals surface area contributed by atoms with Gasteiger partial charge < -0.3 is 0 Å². The molecule has 2 aromatic rings. The molecular formula is C16H15BrClF. The smallest absolute Gasteiger partial charge is 0.124 e. The molecule has 1 unspecified atom stereocenters. The van der Waals surface area contributed by atoms with Gasteiger partial charge in [-0.1, -0.05) is 52.3 Å². The van der Waals surface area contributed by atoms with Gasteiger partial charge in [-0.25, -0.2) is 4.39 Å². The van der Waals surface area contributed by atoms with Crippen molar-refractivity contribution in [2.45, 2.75) is 12.8 Å². The summed E-state index contributed by atoms with van der Waals surface area (Å²) in [6.45, 7) is 0. The summed E-state index contributed by atoms with van der Waals surface area (Å²) < 4.78 is 13.9. The van der Waals surface area contributed by atoms with Crippen molar-refractivity contribution in [3.63, 3.8) is 0 Å². The summed E-state index contributed by atoms with van der Waals surface area (Å²) in [7, 11) is 0. The molecule has 0 amide bonds. The van der Waals surface area contributed by atoms with Gasteiger partial charge in [-0.3, -0.25) is 0 Å². The van der Waals surface area contributed by atoms with Gasteiger partial charge in [0.05, 0.1) is 0 Å². The Morgan fingerprint density at radius 2 is 1.79 bits per heavy atom. The lowest BCUT2D eigenvalue weighted by Crippen LogP contribution is -2.10. The van der Waals surface area contributed by atoms with Crippen LogP contribution >= 0.6 is 27.5 Å². The summed E-state index contributed by atoms with van der Waals surface area (Å²) in [5.41, 5.74) is 2.38. The monoisotopic (exact) mass is 340 g/mol. The molecule has 2 aromatic carbocycles. The van der Waals surface area contributed by atoms with Gasteiger partial charge in [0.25, 0.3) is 0 Å². The summed E-state index contributed by atoms with van der Waals surface area (Å²) in [6, 6.07) is 15.1. The van der Waals surface area contributed by atoms with Crippen molar-refractivity contribution < 1.29 is 4.39 Å². The van der Waals surface area contributed by atoms with E-state index in [0.29, 0.717) is 11.8 Å². The number of rotatable bonds is 5. The Kier molecular flexibility index (Phi) is 5.41. The van der Waals surface area contributed by atoms with E-state index >= 15 is 0 Å². The van der Waals surface area contributed by atoms with Crippen LogP contribution in [0.25, 0.3) is 0 Å². The van der Waals surface area contributed by atoms with Crippen LogP contribution in [0.3, 0.4) is 0 Å². The van der Waals surface area contributed by atoms with Crippen molar-refractivity contribution in [3.8, 4) is 0 Å². The van der Waals surface area contributed by atoms with E-state index in [1.54, 1.807) is 0 Å². The maximum Gasteiger partial charge on any atom is 0.124 e. The molecule has 0 bridgehead atoms. The van der Waals surface area contributed by atoms with Crippen LogP contribution in [0.2, 0.25) is 0 Å². The highest BCUT2D eigenvalue weighted by Gasteiger charge is 2.12. The Morgan fingerprint density at radius 1 is 1.05 bits per heavy atom. The first-order valence-corrected chi connectivity index (χ1v) is 7.55. The van der Waals surface area contributed by atoms with Crippen molar-refractivity contribution >= 4 is 27.5 Å². The SMILES string of the molecule is Fc1ccc(CC(CCl)Cc2ccccc2)c(Br)c1. The molecule has 0 N–H and O–H groups in total. The lowest BCUT2D eigenvalue weighted by molar-refractivity contribution is 0.579. The molecule has 0 spiro atoms. The van der Waals surface area contributed by atoms with Crippen LogP contribution in [0.4, 0.5) is 4.39 Å². The first kappa shape index (κ1) is 14.5. The first-order valence-electron chi connectivity index (χ1n) is 6.23. The van der Waals surface area contributed by atoms with Crippen molar-refractivity contribution in [2.24, 2.45) is 5.92 Å². The molecule has 0 aliphatic rings. The molecule has 0 saturated carbocycles. The van der Waals surface area contributed by atoms with Crippen LogP contribution < -0.4 is 0 Å². The second-order valence-electron chi connectivity index (χ2n) is 4.65. The maximum atomic E-state index is 13.1. The lowest BCUT2D eigenvalue weighted by atomic mass is 9.94. The van der Waals surface area contributed by atoms with Gasteiger partial charge in [-0.15, -0.1) is 11.6 Å². The molecule has 3 heteroatoms. The van der Waals surface area contributed by atoms with Gasteiger partial charge in [-0.2, -0.15) is 0 Å². The van der Waals surface area contributed by atoms with E-state index in [1.165, 1.54) is 17.7 Å². The van der Waals surface area contributed by atoms with E-state index in [1.807, 2.05) is 24.3 Å². The molecule has 0 aliphatic carbocycles. The Balaban J connectivity index is 2.06. The van der Waals surface area contributed by atoms with Crippen LogP contribution in [0.1, 0.15) is 11.1 Å². The van der Waals surface area contributed by atoms with E-state index in [9.17, 15) is 4.39 Å². The number of halogens is 3. The molecule has 0 aliphatic heterocycles. The average Bonchev–Trinajstić information content (AvgIpc) is 2.42. The molecule has 0 fully saturated rings. The van der Waals surface area contributed by atoms with Crippen molar-refractivity contribution in [3.05, 3.63) is 69.9 Å². The third kappa shape index (κ3) is 4.32. The topological polar surface area (TPSA) is 0 Å². The normalized spacial score (nSPS) is 12.4. The van der Waals surface area contributed by atoms with E-state index < -0.39 is 0 Å². The first-order chi connectivity index (χ1) is 9.19. The minimum atomic E-state index is -0.221. The molecule has 0 heterocycles. The van der Waals surface area contributed by atoms with E-state index in [4.69, 9.17) is 11.6 Å².